The predicted octanol–water partition coefficient (Wildman–Crippen LogP) is 0.0452. The van der Waals surface area contributed by atoms with Crippen molar-refractivity contribution in [2.75, 3.05) is 31.9 Å². The maximum absolute atomic E-state index is 11.8. The fraction of sp³-hybridized carbons (Fsp3) is 0.571. The van der Waals surface area contributed by atoms with E-state index in [1.165, 1.54) is 16.0 Å². The van der Waals surface area contributed by atoms with E-state index in [1.807, 2.05) is 0 Å². The summed E-state index contributed by atoms with van der Waals surface area (Å²) >= 11 is 0. The van der Waals surface area contributed by atoms with E-state index in [-0.39, 0.29) is 5.75 Å². The quantitative estimate of drug-likeness (QED) is 0.848. The number of nitrogens with one attached hydrogen (secondary N) is 1. The van der Waals surface area contributed by atoms with Crippen LogP contribution in [0.25, 0.3) is 0 Å². The van der Waals surface area contributed by atoms with E-state index in [4.69, 9.17) is 0 Å². The molecule has 0 radical (unpaired) electrons. The van der Waals surface area contributed by atoms with Crippen molar-refractivity contribution in [3.8, 4) is 0 Å². The zero-order chi connectivity index (χ0) is 13.9. The first-order valence-electron chi connectivity index (χ1n) is 6.88. The molecular formula is C14H23N2O2S+. The lowest BCUT2D eigenvalue weighted by atomic mass is 10.1. The Labute approximate surface area is 116 Å². The van der Waals surface area contributed by atoms with Crippen LogP contribution >= 0.6 is 0 Å². The van der Waals surface area contributed by atoms with Crippen LogP contribution in [0.2, 0.25) is 0 Å². The molecule has 106 valence electrons. The van der Waals surface area contributed by atoms with Gasteiger partial charge in [-0.25, -0.2) is 8.42 Å². The first-order valence-corrected chi connectivity index (χ1v) is 8.49. The zero-order valence-corrected chi connectivity index (χ0v) is 12.5. The van der Waals surface area contributed by atoms with E-state index in [0.717, 1.165) is 19.6 Å². The van der Waals surface area contributed by atoms with Crippen LogP contribution in [0.5, 0.6) is 0 Å². The molecule has 1 aliphatic rings. The summed E-state index contributed by atoms with van der Waals surface area (Å²) in [6.45, 7) is 7.88. The minimum Gasteiger partial charge on any atom is -0.329 e. The van der Waals surface area contributed by atoms with Crippen molar-refractivity contribution in [2.24, 2.45) is 0 Å². The van der Waals surface area contributed by atoms with Gasteiger partial charge >= 0.3 is 0 Å². The van der Waals surface area contributed by atoms with Crippen LogP contribution in [0.3, 0.4) is 0 Å². The molecule has 0 amide bonds. The van der Waals surface area contributed by atoms with E-state index in [9.17, 15) is 8.42 Å². The van der Waals surface area contributed by atoms with E-state index in [0.29, 0.717) is 13.1 Å². The summed E-state index contributed by atoms with van der Waals surface area (Å²) < 4.78 is 25.2. The number of sulfonamides is 1. The van der Waals surface area contributed by atoms with Gasteiger partial charge in [-0.1, -0.05) is 29.8 Å². The summed E-state index contributed by atoms with van der Waals surface area (Å²) in [4.78, 5) is 1.46. The molecule has 0 aliphatic carbocycles. The number of nitrogens with zero attached hydrogens (tertiary/aromatic N) is 1. The Balaban J connectivity index is 1.89. The van der Waals surface area contributed by atoms with Gasteiger partial charge in [0.2, 0.25) is 10.0 Å². The molecule has 5 heteroatoms. The van der Waals surface area contributed by atoms with Crippen LogP contribution in [-0.2, 0) is 16.6 Å². The van der Waals surface area contributed by atoms with Gasteiger partial charge in [-0.15, -0.1) is 0 Å². The molecule has 1 aromatic carbocycles. The van der Waals surface area contributed by atoms with Crippen molar-refractivity contribution in [3.63, 3.8) is 0 Å². The van der Waals surface area contributed by atoms with Crippen LogP contribution in [0.1, 0.15) is 18.1 Å². The Morgan fingerprint density at radius 1 is 1.16 bits per heavy atom. The predicted molar refractivity (Wildman–Crippen MR) is 76.6 cm³/mol. The van der Waals surface area contributed by atoms with Gasteiger partial charge in [0, 0.05) is 5.56 Å². The van der Waals surface area contributed by atoms with Gasteiger partial charge < -0.3 is 4.90 Å². The van der Waals surface area contributed by atoms with Crippen molar-refractivity contribution in [1.29, 1.82) is 0 Å². The lowest BCUT2D eigenvalue weighted by Crippen LogP contribution is -3.13. The lowest BCUT2D eigenvalue weighted by molar-refractivity contribution is -0.917. The maximum atomic E-state index is 11.8. The second-order valence-electron chi connectivity index (χ2n) is 5.21. The molecule has 1 aromatic rings. The summed E-state index contributed by atoms with van der Waals surface area (Å²) in [7, 11) is -3.00. The first kappa shape index (κ1) is 14.5. The Morgan fingerprint density at radius 2 is 1.74 bits per heavy atom. The topological polar surface area (TPSA) is 41.8 Å². The Hall–Kier alpha value is -0.910. The van der Waals surface area contributed by atoms with Crippen LogP contribution < -0.4 is 4.90 Å². The average molecular weight is 283 g/mol. The number of hydrogen-bond donors (Lipinski definition) is 1. The summed E-state index contributed by atoms with van der Waals surface area (Å²) in [6, 6.07) is 8.59. The largest absolute Gasteiger partial charge is 0.329 e. The molecule has 1 aliphatic heterocycles. The van der Waals surface area contributed by atoms with Crippen molar-refractivity contribution < 1.29 is 13.3 Å². The van der Waals surface area contributed by atoms with Crippen molar-refractivity contribution in [2.45, 2.75) is 20.4 Å². The third-order valence-electron chi connectivity index (χ3n) is 3.76. The highest BCUT2D eigenvalue weighted by molar-refractivity contribution is 7.89. The summed E-state index contributed by atoms with van der Waals surface area (Å²) in [6.07, 6.45) is 0. The Morgan fingerprint density at radius 3 is 2.26 bits per heavy atom. The van der Waals surface area contributed by atoms with E-state index in [2.05, 4.69) is 31.2 Å². The van der Waals surface area contributed by atoms with Crippen LogP contribution in [-0.4, -0.2) is 44.7 Å². The number of rotatable bonds is 4. The molecule has 0 saturated carbocycles. The lowest BCUT2D eigenvalue weighted by Gasteiger charge is -2.31. The van der Waals surface area contributed by atoms with Crippen LogP contribution in [0.4, 0.5) is 0 Å². The molecule has 0 spiro atoms. The molecular weight excluding hydrogens is 260 g/mol. The number of hydrogen-bond acceptors (Lipinski definition) is 2. The number of benzene rings is 1. The molecule has 0 unspecified atom stereocenters. The molecule has 0 atom stereocenters. The van der Waals surface area contributed by atoms with Gasteiger partial charge in [-0.05, 0) is 13.8 Å². The van der Waals surface area contributed by atoms with Crippen molar-refractivity contribution >= 4 is 10.0 Å². The van der Waals surface area contributed by atoms with Crippen LogP contribution in [0, 0.1) is 6.92 Å². The molecule has 0 aromatic heterocycles. The Kier molecular flexibility index (Phi) is 4.60. The monoisotopic (exact) mass is 283 g/mol. The molecule has 0 bridgehead atoms. The summed E-state index contributed by atoms with van der Waals surface area (Å²) in [5, 5.41) is 0. The molecule has 19 heavy (non-hydrogen) atoms. The smallest absolute Gasteiger partial charge is 0.214 e. The minimum absolute atomic E-state index is 0.209. The van der Waals surface area contributed by atoms with E-state index >= 15 is 0 Å². The second-order valence-corrected chi connectivity index (χ2v) is 7.47. The van der Waals surface area contributed by atoms with Gasteiger partial charge in [0.15, 0.2) is 0 Å². The standard InChI is InChI=1S/C14H22N2O2S/c1-3-19(17,18)16-10-8-15(9-11-16)12-14-6-4-13(2)5-7-14/h4-7H,3,8-12H2,1-2H3/p+1. The van der Waals surface area contributed by atoms with Gasteiger partial charge in [0.1, 0.15) is 6.54 Å². The summed E-state index contributed by atoms with van der Waals surface area (Å²) in [5.74, 6) is 0.209. The highest BCUT2D eigenvalue weighted by atomic mass is 32.2. The number of piperazine rings is 1. The first-order chi connectivity index (χ1) is 9.01. The van der Waals surface area contributed by atoms with Gasteiger partial charge in [-0.3, -0.25) is 0 Å². The second kappa shape index (κ2) is 6.03. The molecule has 1 heterocycles. The SMILES string of the molecule is CCS(=O)(=O)N1CC[NH+](Cc2ccc(C)cc2)CC1. The number of aryl methyl sites for hydroxylation is 1. The molecule has 1 N–H and O–H groups in total. The van der Waals surface area contributed by atoms with E-state index in [1.54, 1.807) is 11.2 Å². The fourth-order valence-corrected chi connectivity index (χ4v) is 3.54. The fourth-order valence-electron chi connectivity index (χ4n) is 2.43. The third kappa shape index (κ3) is 3.78. The zero-order valence-electron chi connectivity index (χ0n) is 11.7. The third-order valence-corrected chi connectivity index (χ3v) is 5.64. The van der Waals surface area contributed by atoms with E-state index < -0.39 is 10.0 Å². The van der Waals surface area contributed by atoms with Crippen molar-refractivity contribution in [1.82, 2.24) is 4.31 Å². The normalized spacial score (nSPS) is 18.6. The molecule has 1 saturated heterocycles. The average Bonchev–Trinajstić information content (AvgIpc) is 2.42. The number of quaternary nitrogens is 1. The van der Waals surface area contributed by atoms with Gasteiger partial charge in [-0.2, -0.15) is 4.31 Å². The highest BCUT2D eigenvalue weighted by Crippen LogP contribution is 2.03. The maximum Gasteiger partial charge on any atom is 0.214 e. The van der Waals surface area contributed by atoms with Gasteiger partial charge in [0.05, 0.1) is 31.9 Å². The van der Waals surface area contributed by atoms with Gasteiger partial charge in [0.25, 0.3) is 0 Å². The molecule has 1 fully saturated rings. The summed E-state index contributed by atoms with van der Waals surface area (Å²) in [5.41, 5.74) is 2.60. The minimum atomic E-state index is -3.00. The molecule has 4 nitrogen and oxygen atoms in total. The molecule has 2 rings (SSSR count). The van der Waals surface area contributed by atoms with Crippen molar-refractivity contribution in [3.05, 3.63) is 35.4 Å². The Bertz CT molecular complexity index is 503. The highest BCUT2D eigenvalue weighted by Gasteiger charge is 2.27. The van der Waals surface area contributed by atoms with Crippen LogP contribution in [0.15, 0.2) is 24.3 Å².